The Hall–Kier alpha value is -2.25. The predicted molar refractivity (Wildman–Crippen MR) is 89.8 cm³/mol. The first kappa shape index (κ1) is 15.3. The largest absolute Gasteiger partial charge is 0.454 e. The third kappa shape index (κ3) is 2.92. The van der Waals surface area contributed by atoms with Gasteiger partial charge in [0.05, 0.1) is 9.21 Å². The molecule has 1 aromatic carbocycles. The molecule has 1 aromatic heterocycles. The summed E-state index contributed by atoms with van der Waals surface area (Å²) in [6.07, 6.45) is -0.204. The van der Waals surface area contributed by atoms with E-state index < -0.39 is 6.10 Å². The Bertz CT molecular complexity index is 820. The Balaban J connectivity index is 1.36. The SMILES string of the molecule is O=C(NCc1cccc2c1OCO2)C1CC(c2ccc(Cl)s2)=NO1. The molecule has 6 nitrogen and oxygen atoms in total. The number of para-hydroxylation sites is 1. The Morgan fingerprint density at radius 3 is 3.08 bits per heavy atom. The third-order valence-corrected chi connectivity index (χ3v) is 5.03. The van der Waals surface area contributed by atoms with Gasteiger partial charge in [-0.25, -0.2) is 0 Å². The first-order valence-electron chi connectivity index (χ1n) is 7.34. The molecule has 0 fully saturated rings. The fourth-order valence-electron chi connectivity index (χ4n) is 2.56. The summed E-state index contributed by atoms with van der Waals surface area (Å²) in [5.41, 5.74) is 1.60. The van der Waals surface area contributed by atoms with Crippen LogP contribution in [0.4, 0.5) is 0 Å². The van der Waals surface area contributed by atoms with Crippen molar-refractivity contribution < 1.29 is 19.1 Å². The van der Waals surface area contributed by atoms with Gasteiger partial charge in [-0.3, -0.25) is 4.79 Å². The van der Waals surface area contributed by atoms with Crippen molar-refractivity contribution in [2.45, 2.75) is 19.1 Å². The summed E-state index contributed by atoms with van der Waals surface area (Å²) in [5, 5.41) is 6.85. The van der Waals surface area contributed by atoms with Crippen molar-refractivity contribution in [3.8, 4) is 11.5 Å². The first-order valence-corrected chi connectivity index (χ1v) is 8.54. The van der Waals surface area contributed by atoms with Gasteiger partial charge in [0.25, 0.3) is 5.91 Å². The minimum Gasteiger partial charge on any atom is -0.454 e. The summed E-state index contributed by atoms with van der Waals surface area (Å²) in [4.78, 5) is 18.5. The van der Waals surface area contributed by atoms with E-state index in [1.807, 2.05) is 24.3 Å². The molecule has 3 heterocycles. The van der Waals surface area contributed by atoms with Crippen LogP contribution in [-0.4, -0.2) is 24.5 Å². The zero-order valence-electron chi connectivity index (χ0n) is 12.5. The van der Waals surface area contributed by atoms with E-state index in [1.165, 1.54) is 11.3 Å². The van der Waals surface area contributed by atoms with E-state index >= 15 is 0 Å². The Morgan fingerprint density at radius 2 is 2.25 bits per heavy atom. The van der Waals surface area contributed by atoms with E-state index in [2.05, 4.69) is 10.5 Å². The Kier molecular flexibility index (Phi) is 4.03. The number of fused-ring (bicyclic) bond motifs is 1. The number of rotatable bonds is 4. The maximum absolute atomic E-state index is 12.3. The molecule has 1 amide bonds. The van der Waals surface area contributed by atoms with E-state index in [4.69, 9.17) is 25.9 Å². The van der Waals surface area contributed by atoms with Gasteiger partial charge in [-0.2, -0.15) is 0 Å². The molecule has 0 spiro atoms. The average molecular weight is 365 g/mol. The zero-order chi connectivity index (χ0) is 16.5. The predicted octanol–water partition coefficient (Wildman–Crippen LogP) is 2.94. The van der Waals surface area contributed by atoms with Crippen molar-refractivity contribution in [3.05, 3.63) is 45.1 Å². The highest BCUT2D eigenvalue weighted by molar-refractivity contribution is 7.18. The Morgan fingerprint density at radius 1 is 1.33 bits per heavy atom. The molecule has 2 aliphatic heterocycles. The normalized spacial score (nSPS) is 18.2. The van der Waals surface area contributed by atoms with Gasteiger partial charge in [0, 0.05) is 18.5 Å². The van der Waals surface area contributed by atoms with Crippen LogP contribution in [0.3, 0.4) is 0 Å². The molecule has 2 aliphatic rings. The van der Waals surface area contributed by atoms with E-state index in [1.54, 1.807) is 6.07 Å². The van der Waals surface area contributed by atoms with Crippen LogP contribution in [0.5, 0.6) is 11.5 Å². The topological polar surface area (TPSA) is 69.2 Å². The van der Waals surface area contributed by atoms with Crippen LogP contribution < -0.4 is 14.8 Å². The van der Waals surface area contributed by atoms with Gasteiger partial charge in [0.15, 0.2) is 11.5 Å². The van der Waals surface area contributed by atoms with Crippen molar-refractivity contribution in [1.82, 2.24) is 5.32 Å². The van der Waals surface area contributed by atoms with Crippen molar-refractivity contribution in [2.24, 2.45) is 5.16 Å². The van der Waals surface area contributed by atoms with Crippen LogP contribution in [-0.2, 0) is 16.2 Å². The van der Waals surface area contributed by atoms with Crippen molar-refractivity contribution >= 4 is 34.6 Å². The summed E-state index contributed by atoms with van der Waals surface area (Å²) in [6.45, 7) is 0.540. The smallest absolute Gasteiger partial charge is 0.264 e. The summed E-state index contributed by atoms with van der Waals surface area (Å²) in [7, 11) is 0. The molecular weight excluding hydrogens is 352 g/mol. The number of oxime groups is 1. The second kappa shape index (κ2) is 6.33. The quantitative estimate of drug-likeness (QED) is 0.905. The molecule has 24 heavy (non-hydrogen) atoms. The molecule has 1 N–H and O–H groups in total. The highest BCUT2D eigenvalue weighted by Crippen LogP contribution is 2.35. The van der Waals surface area contributed by atoms with Crippen molar-refractivity contribution in [3.63, 3.8) is 0 Å². The molecule has 1 atom stereocenters. The fourth-order valence-corrected chi connectivity index (χ4v) is 3.59. The van der Waals surface area contributed by atoms with Crippen molar-refractivity contribution in [2.75, 3.05) is 6.79 Å². The molecule has 0 saturated carbocycles. The van der Waals surface area contributed by atoms with Gasteiger partial charge in [0.2, 0.25) is 12.9 Å². The minimum atomic E-state index is -0.630. The number of hydrogen-bond acceptors (Lipinski definition) is 6. The number of halogens is 1. The molecule has 1 unspecified atom stereocenters. The van der Waals surface area contributed by atoms with Crippen LogP contribution >= 0.6 is 22.9 Å². The van der Waals surface area contributed by atoms with Gasteiger partial charge in [-0.1, -0.05) is 28.9 Å². The van der Waals surface area contributed by atoms with Crippen LogP contribution in [0.15, 0.2) is 35.5 Å². The average Bonchev–Trinajstić information content (AvgIpc) is 3.31. The standard InChI is InChI=1S/C16H13ClN2O4S/c17-14-5-4-13(24-14)10-6-12(23-19-10)16(20)18-7-9-2-1-3-11-15(9)22-8-21-11/h1-5,12H,6-8H2,(H,18,20). The van der Waals surface area contributed by atoms with Crippen LogP contribution in [0, 0.1) is 0 Å². The summed E-state index contributed by atoms with van der Waals surface area (Å²) >= 11 is 7.34. The molecule has 8 heteroatoms. The molecule has 0 radical (unpaired) electrons. The van der Waals surface area contributed by atoms with Gasteiger partial charge in [-0.05, 0) is 18.2 Å². The number of carbonyl (C=O) groups is 1. The number of nitrogens with one attached hydrogen (secondary N) is 1. The summed E-state index contributed by atoms with van der Waals surface area (Å²) in [6, 6.07) is 9.26. The highest BCUT2D eigenvalue weighted by Gasteiger charge is 2.29. The second-order valence-electron chi connectivity index (χ2n) is 5.31. The van der Waals surface area contributed by atoms with Gasteiger partial charge in [0.1, 0.15) is 5.71 Å². The lowest BCUT2D eigenvalue weighted by molar-refractivity contribution is -0.131. The molecule has 0 aliphatic carbocycles. The number of nitrogens with zero attached hydrogens (tertiary/aromatic N) is 1. The molecule has 4 rings (SSSR count). The first-order chi connectivity index (χ1) is 11.7. The number of carbonyl (C=O) groups excluding carboxylic acids is 1. The van der Waals surface area contributed by atoms with Crippen LogP contribution in [0.25, 0.3) is 0 Å². The van der Waals surface area contributed by atoms with Crippen LogP contribution in [0.1, 0.15) is 16.9 Å². The summed E-state index contributed by atoms with van der Waals surface area (Å²) in [5.74, 6) is 1.15. The number of amides is 1. The van der Waals surface area contributed by atoms with E-state index in [0.717, 1.165) is 16.2 Å². The van der Waals surface area contributed by atoms with E-state index in [0.29, 0.717) is 28.8 Å². The Labute approximate surface area is 147 Å². The maximum atomic E-state index is 12.3. The lowest BCUT2D eigenvalue weighted by atomic mass is 10.1. The van der Waals surface area contributed by atoms with Gasteiger partial charge < -0.3 is 19.6 Å². The fraction of sp³-hybridized carbons (Fsp3) is 0.250. The van der Waals surface area contributed by atoms with E-state index in [9.17, 15) is 4.79 Å². The third-order valence-electron chi connectivity index (χ3n) is 3.75. The molecular formula is C16H13ClN2O4S. The molecule has 0 saturated heterocycles. The van der Waals surface area contributed by atoms with E-state index in [-0.39, 0.29) is 12.7 Å². The van der Waals surface area contributed by atoms with Crippen molar-refractivity contribution in [1.29, 1.82) is 0 Å². The maximum Gasteiger partial charge on any atom is 0.264 e. The number of ether oxygens (including phenoxy) is 2. The van der Waals surface area contributed by atoms with Gasteiger partial charge >= 0.3 is 0 Å². The lowest BCUT2D eigenvalue weighted by Gasteiger charge is -2.10. The number of thiophene rings is 1. The second-order valence-corrected chi connectivity index (χ2v) is 7.02. The molecule has 0 bridgehead atoms. The molecule has 2 aromatic rings. The lowest BCUT2D eigenvalue weighted by Crippen LogP contribution is -2.34. The highest BCUT2D eigenvalue weighted by atomic mass is 35.5. The minimum absolute atomic E-state index is 0.201. The number of hydrogen-bond donors (Lipinski definition) is 1. The monoisotopic (exact) mass is 364 g/mol. The summed E-state index contributed by atoms with van der Waals surface area (Å²) < 4.78 is 11.4. The van der Waals surface area contributed by atoms with Crippen LogP contribution in [0.2, 0.25) is 4.34 Å². The zero-order valence-corrected chi connectivity index (χ0v) is 14.0. The molecule has 124 valence electrons. The van der Waals surface area contributed by atoms with Gasteiger partial charge in [-0.15, -0.1) is 11.3 Å². The number of benzene rings is 1.